The lowest BCUT2D eigenvalue weighted by Crippen LogP contribution is -2.16. The fraction of sp³-hybridized carbons (Fsp3) is 0.118. The fourth-order valence-electron chi connectivity index (χ4n) is 2.17. The maximum Gasteiger partial charge on any atom is 0.264 e. The van der Waals surface area contributed by atoms with Crippen molar-refractivity contribution in [3.05, 3.63) is 69.3 Å². The minimum atomic E-state index is -1.25. The fourth-order valence-corrected chi connectivity index (χ4v) is 2.68. The second-order valence-electron chi connectivity index (χ2n) is 5.33. The molecule has 0 saturated carbocycles. The Bertz CT molecular complexity index is 1010. The van der Waals surface area contributed by atoms with Crippen molar-refractivity contribution < 1.29 is 27.6 Å². The molecule has 7 nitrogen and oxygen atoms in total. The first-order chi connectivity index (χ1) is 13.4. The molecule has 3 rings (SSSR count). The number of aromatic nitrogens is 2. The standard InChI is InChI=1S/C17H11Cl2F2N3O4/c18-8-2-1-3-9(19)16(8)27-6-12-23-13(28-24-12)7-26-11-5-4-10(20)14(15(11)21)17(22)25/h1-5H,6-7H2,(H2,22,25). The molecule has 0 saturated heterocycles. The summed E-state index contributed by atoms with van der Waals surface area (Å²) in [6, 6.07) is 6.75. The number of hydrogen-bond donors (Lipinski definition) is 1. The summed E-state index contributed by atoms with van der Waals surface area (Å²) in [5.41, 5.74) is 4.05. The van der Waals surface area contributed by atoms with Gasteiger partial charge in [0.05, 0.1) is 10.0 Å². The highest BCUT2D eigenvalue weighted by atomic mass is 35.5. The average Bonchev–Trinajstić information content (AvgIpc) is 3.08. The number of nitrogens with zero attached hydrogens (tertiary/aromatic N) is 2. The van der Waals surface area contributed by atoms with Crippen molar-refractivity contribution in [3.63, 3.8) is 0 Å². The van der Waals surface area contributed by atoms with E-state index in [-0.39, 0.29) is 30.7 Å². The van der Waals surface area contributed by atoms with Gasteiger partial charge in [-0.1, -0.05) is 34.4 Å². The Kier molecular flexibility index (Phi) is 5.96. The van der Waals surface area contributed by atoms with Crippen molar-refractivity contribution in [2.24, 2.45) is 5.73 Å². The van der Waals surface area contributed by atoms with Gasteiger partial charge in [0, 0.05) is 0 Å². The van der Waals surface area contributed by atoms with Crippen LogP contribution >= 0.6 is 23.2 Å². The monoisotopic (exact) mass is 429 g/mol. The molecule has 0 aliphatic rings. The maximum absolute atomic E-state index is 14.1. The van der Waals surface area contributed by atoms with Gasteiger partial charge in [0.2, 0.25) is 5.82 Å². The molecule has 3 aromatic rings. The van der Waals surface area contributed by atoms with Gasteiger partial charge in [0.15, 0.2) is 30.5 Å². The molecule has 2 N–H and O–H groups in total. The lowest BCUT2D eigenvalue weighted by molar-refractivity contribution is 0.0991. The quantitative estimate of drug-likeness (QED) is 0.610. The summed E-state index contributed by atoms with van der Waals surface area (Å²) in [7, 11) is 0. The van der Waals surface area contributed by atoms with Gasteiger partial charge in [-0.15, -0.1) is 0 Å². The van der Waals surface area contributed by atoms with Crippen molar-refractivity contribution in [1.82, 2.24) is 10.1 Å². The van der Waals surface area contributed by atoms with Gasteiger partial charge < -0.3 is 19.7 Å². The van der Waals surface area contributed by atoms with E-state index in [4.69, 9.17) is 42.9 Å². The van der Waals surface area contributed by atoms with Crippen molar-refractivity contribution in [2.45, 2.75) is 13.2 Å². The number of ether oxygens (including phenoxy) is 2. The molecule has 0 spiro atoms. The number of carbonyl (C=O) groups is 1. The van der Waals surface area contributed by atoms with Crippen LogP contribution in [0.5, 0.6) is 11.5 Å². The average molecular weight is 430 g/mol. The first-order valence-electron chi connectivity index (χ1n) is 7.65. The zero-order valence-corrected chi connectivity index (χ0v) is 15.4. The third-order valence-electron chi connectivity index (χ3n) is 3.43. The predicted molar refractivity (Wildman–Crippen MR) is 94.3 cm³/mol. The maximum atomic E-state index is 14.1. The molecule has 0 aliphatic carbocycles. The van der Waals surface area contributed by atoms with Crippen LogP contribution in [0.15, 0.2) is 34.9 Å². The molecular formula is C17H11Cl2F2N3O4. The predicted octanol–water partition coefficient (Wildman–Crippen LogP) is 3.91. The van der Waals surface area contributed by atoms with E-state index in [9.17, 15) is 13.6 Å². The lowest BCUT2D eigenvalue weighted by Gasteiger charge is -2.08. The minimum absolute atomic E-state index is 0.00629. The molecule has 0 fully saturated rings. The Hall–Kier alpha value is -2.91. The summed E-state index contributed by atoms with van der Waals surface area (Å²) in [5.74, 6) is -3.54. The van der Waals surface area contributed by atoms with Crippen LogP contribution in [0, 0.1) is 11.6 Å². The number of primary amides is 1. The van der Waals surface area contributed by atoms with E-state index in [0.29, 0.717) is 10.0 Å². The second-order valence-corrected chi connectivity index (χ2v) is 6.15. The van der Waals surface area contributed by atoms with Crippen LogP contribution in [-0.2, 0) is 13.2 Å². The van der Waals surface area contributed by atoms with Crippen LogP contribution in [0.1, 0.15) is 22.1 Å². The molecular weight excluding hydrogens is 419 g/mol. The van der Waals surface area contributed by atoms with Crippen LogP contribution in [0.2, 0.25) is 10.0 Å². The highest BCUT2D eigenvalue weighted by Gasteiger charge is 2.20. The summed E-state index contributed by atoms with van der Waals surface area (Å²) >= 11 is 12.0. The number of para-hydroxylation sites is 1. The normalized spacial score (nSPS) is 10.7. The number of halogens is 4. The molecule has 1 aromatic heterocycles. The summed E-state index contributed by atoms with van der Waals surface area (Å²) in [6.07, 6.45) is 0. The number of rotatable bonds is 7. The van der Waals surface area contributed by atoms with E-state index in [1.165, 1.54) is 0 Å². The van der Waals surface area contributed by atoms with Crippen molar-refractivity contribution >= 4 is 29.1 Å². The number of benzene rings is 2. The minimum Gasteiger partial charge on any atom is -0.482 e. The van der Waals surface area contributed by atoms with E-state index < -0.39 is 28.9 Å². The van der Waals surface area contributed by atoms with Crippen LogP contribution in [-0.4, -0.2) is 16.0 Å². The summed E-state index contributed by atoms with van der Waals surface area (Å²) in [6.45, 7) is -0.426. The Morgan fingerprint density at radius 2 is 1.82 bits per heavy atom. The smallest absolute Gasteiger partial charge is 0.264 e. The van der Waals surface area contributed by atoms with E-state index >= 15 is 0 Å². The topological polar surface area (TPSA) is 100 Å². The highest BCUT2D eigenvalue weighted by molar-refractivity contribution is 6.37. The molecule has 0 atom stereocenters. The van der Waals surface area contributed by atoms with Gasteiger partial charge in [-0.2, -0.15) is 4.98 Å². The molecule has 0 aliphatic heterocycles. The van der Waals surface area contributed by atoms with Crippen LogP contribution < -0.4 is 15.2 Å². The molecule has 1 heterocycles. The summed E-state index contributed by atoms with van der Waals surface area (Å²) in [5, 5.41) is 4.31. The van der Waals surface area contributed by atoms with Crippen molar-refractivity contribution in [2.75, 3.05) is 0 Å². The first-order valence-corrected chi connectivity index (χ1v) is 8.41. The van der Waals surface area contributed by atoms with Gasteiger partial charge in [-0.05, 0) is 24.3 Å². The molecule has 1 amide bonds. The van der Waals surface area contributed by atoms with Gasteiger partial charge in [0.25, 0.3) is 11.8 Å². The van der Waals surface area contributed by atoms with Gasteiger partial charge in [-0.3, -0.25) is 4.79 Å². The van der Waals surface area contributed by atoms with Crippen LogP contribution in [0.4, 0.5) is 8.78 Å². The van der Waals surface area contributed by atoms with E-state index in [2.05, 4.69) is 10.1 Å². The van der Waals surface area contributed by atoms with E-state index in [1.807, 2.05) is 0 Å². The number of nitrogens with two attached hydrogens (primary N) is 1. The zero-order valence-electron chi connectivity index (χ0n) is 13.9. The third kappa shape index (κ3) is 4.32. The number of hydrogen-bond acceptors (Lipinski definition) is 6. The second kappa shape index (κ2) is 8.41. The molecule has 0 radical (unpaired) electrons. The number of amides is 1. The van der Waals surface area contributed by atoms with Crippen molar-refractivity contribution in [1.29, 1.82) is 0 Å². The first kappa shape index (κ1) is 19.8. The molecule has 0 bridgehead atoms. The molecule has 0 unspecified atom stereocenters. The van der Waals surface area contributed by atoms with E-state index in [0.717, 1.165) is 12.1 Å². The number of carbonyl (C=O) groups excluding carboxylic acids is 1. The third-order valence-corrected chi connectivity index (χ3v) is 4.02. The zero-order chi connectivity index (χ0) is 20.3. The molecule has 11 heteroatoms. The summed E-state index contributed by atoms with van der Waals surface area (Å²) < 4.78 is 43.1. The SMILES string of the molecule is NC(=O)c1c(F)ccc(OCc2nc(COc3c(Cl)cccc3Cl)no2)c1F. The molecule has 2 aromatic carbocycles. The Morgan fingerprint density at radius 3 is 2.50 bits per heavy atom. The highest BCUT2D eigenvalue weighted by Crippen LogP contribution is 2.32. The van der Waals surface area contributed by atoms with Crippen LogP contribution in [0.25, 0.3) is 0 Å². The Labute approximate surface area is 166 Å². The van der Waals surface area contributed by atoms with Crippen LogP contribution in [0.3, 0.4) is 0 Å². The van der Waals surface area contributed by atoms with Gasteiger partial charge in [0.1, 0.15) is 11.4 Å². The van der Waals surface area contributed by atoms with Gasteiger partial charge >= 0.3 is 0 Å². The largest absolute Gasteiger partial charge is 0.482 e. The van der Waals surface area contributed by atoms with E-state index in [1.54, 1.807) is 18.2 Å². The Morgan fingerprint density at radius 1 is 1.11 bits per heavy atom. The van der Waals surface area contributed by atoms with Crippen molar-refractivity contribution in [3.8, 4) is 11.5 Å². The Balaban J connectivity index is 1.64. The summed E-state index contributed by atoms with van der Waals surface area (Å²) in [4.78, 5) is 15.1. The molecule has 28 heavy (non-hydrogen) atoms. The van der Waals surface area contributed by atoms with Gasteiger partial charge in [-0.25, -0.2) is 8.78 Å². The molecule has 146 valence electrons. The lowest BCUT2D eigenvalue weighted by atomic mass is 10.1.